The molecule has 1 aromatic heterocycles. The first-order valence-electron chi connectivity index (χ1n) is 9.71. The molecule has 1 aliphatic heterocycles. The van der Waals surface area contributed by atoms with E-state index in [1.807, 2.05) is 29.8 Å². The second-order valence-electron chi connectivity index (χ2n) is 6.55. The van der Waals surface area contributed by atoms with E-state index in [2.05, 4.69) is 40.6 Å². The molecule has 0 saturated carbocycles. The van der Waals surface area contributed by atoms with Crippen LogP contribution in [0.3, 0.4) is 0 Å². The van der Waals surface area contributed by atoms with Crippen molar-refractivity contribution in [2.24, 2.45) is 4.99 Å². The number of rotatable bonds is 9. The standard InChI is InChI=1S/C20H29N5O3.HI/c1-4-21-20(22-8-5-10-25-16(3)12-15(2)24-25)23-9-11-26-17-6-7-18-19(13-17)28-14-27-18;/h6-7,12-13H,4-5,8-11,14H2,1-3H3,(H2,21,22,23);1H. The van der Waals surface area contributed by atoms with E-state index >= 15 is 0 Å². The number of aromatic nitrogens is 2. The monoisotopic (exact) mass is 515 g/mol. The summed E-state index contributed by atoms with van der Waals surface area (Å²) in [4.78, 5) is 4.62. The number of benzene rings is 1. The number of aliphatic imine (C=N–C) groups is 1. The zero-order chi connectivity index (χ0) is 19.8. The first-order valence-corrected chi connectivity index (χ1v) is 9.71. The average molecular weight is 515 g/mol. The Kier molecular flexibility index (Phi) is 9.36. The van der Waals surface area contributed by atoms with Crippen LogP contribution in [0.5, 0.6) is 17.2 Å². The SMILES string of the molecule is CCNC(=NCCCn1nc(C)cc1C)NCCOc1ccc2c(c1)OCO2.I. The van der Waals surface area contributed by atoms with Crippen LogP contribution in [0.25, 0.3) is 0 Å². The van der Waals surface area contributed by atoms with Gasteiger partial charge in [0.25, 0.3) is 0 Å². The molecule has 9 heteroatoms. The van der Waals surface area contributed by atoms with Gasteiger partial charge in [0.15, 0.2) is 17.5 Å². The van der Waals surface area contributed by atoms with Gasteiger partial charge in [-0.15, -0.1) is 24.0 Å². The van der Waals surface area contributed by atoms with E-state index in [0.717, 1.165) is 55.0 Å². The van der Waals surface area contributed by atoms with Crippen LogP contribution in [-0.4, -0.2) is 48.8 Å². The lowest BCUT2D eigenvalue weighted by atomic mass is 10.3. The van der Waals surface area contributed by atoms with Crippen LogP contribution in [0.1, 0.15) is 24.7 Å². The van der Waals surface area contributed by atoms with Crippen molar-refractivity contribution in [1.29, 1.82) is 0 Å². The summed E-state index contributed by atoms with van der Waals surface area (Å²) in [6.45, 7) is 10.0. The number of fused-ring (bicyclic) bond motifs is 1. The number of ether oxygens (including phenoxy) is 3. The maximum absolute atomic E-state index is 5.77. The predicted molar refractivity (Wildman–Crippen MR) is 124 cm³/mol. The first kappa shape index (κ1) is 23.1. The molecule has 2 heterocycles. The summed E-state index contributed by atoms with van der Waals surface area (Å²) in [5.41, 5.74) is 2.24. The van der Waals surface area contributed by atoms with Gasteiger partial charge < -0.3 is 24.8 Å². The maximum atomic E-state index is 5.77. The Balaban J connectivity index is 0.00000300. The number of halogens is 1. The summed E-state index contributed by atoms with van der Waals surface area (Å²) in [5.74, 6) is 3.04. The number of nitrogens with one attached hydrogen (secondary N) is 2. The number of aryl methyl sites for hydroxylation is 3. The molecule has 160 valence electrons. The summed E-state index contributed by atoms with van der Waals surface area (Å²) in [5, 5.41) is 11.0. The summed E-state index contributed by atoms with van der Waals surface area (Å²) >= 11 is 0. The second kappa shape index (κ2) is 11.7. The maximum Gasteiger partial charge on any atom is 0.231 e. The fraction of sp³-hybridized carbons (Fsp3) is 0.500. The molecule has 0 spiro atoms. The summed E-state index contributed by atoms with van der Waals surface area (Å²) in [6.07, 6.45) is 0.937. The van der Waals surface area contributed by atoms with Gasteiger partial charge >= 0.3 is 0 Å². The minimum atomic E-state index is 0. The van der Waals surface area contributed by atoms with Crippen molar-refractivity contribution in [3.05, 3.63) is 35.7 Å². The van der Waals surface area contributed by atoms with E-state index in [-0.39, 0.29) is 30.8 Å². The van der Waals surface area contributed by atoms with E-state index < -0.39 is 0 Å². The van der Waals surface area contributed by atoms with Crippen molar-refractivity contribution >= 4 is 29.9 Å². The molecule has 29 heavy (non-hydrogen) atoms. The molecule has 0 aliphatic carbocycles. The highest BCUT2D eigenvalue weighted by atomic mass is 127. The highest BCUT2D eigenvalue weighted by Crippen LogP contribution is 2.34. The number of hydrogen-bond donors (Lipinski definition) is 2. The summed E-state index contributed by atoms with van der Waals surface area (Å²) in [7, 11) is 0. The molecule has 0 bridgehead atoms. The third-order valence-electron chi connectivity index (χ3n) is 4.25. The third kappa shape index (κ3) is 6.98. The lowest BCUT2D eigenvalue weighted by molar-refractivity contribution is 0.173. The van der Waals surface area contributed by atoms with Crippen LogP contribution >= 0.6 is 24.0 Å². The van der Waals surface area contributed by atoms with Gasteiger partial charge in [-0.2, -0.15) is 5.10 Å². The van der Waals surface area contributed by atoms with Crippen LogP contribution in [0, 0.1) is 13.8 Å². The summed E-state index contributed by atoms with van der Waals surface area (Å²) in [6, 6.07) is 7.68. The van der Waals surface area contributed by atoms with E-state index in [1.165, 1.54) is 5.69 Å². The lowest BCUT2D eigenvalue weighted by Gasteiger charge is -2.12. The van der Waals surface area contributed by atoms with E-state index in [1.54, 1.807) is 0 Å². The Bertz CT molecular complexity index is 809. The molecule has 8 nitrogen and oxygen atoms in total. The lowest BCUT2D eigenvalue weighted by Crippen LogP contribution is -2.39. The molecule has 1 aromatic carbocycles. The van der Waals surface area contributed by atoms with Crippen molar-refractivity contribution in [3.63, 3.8) is 0 Å². The second-order valence-corrected chi connectivity index (χ2v) is 6.55. The highest BCUT2D eigenvalue weighted by molar-refractivity contribution is 14.0. The Hall–Kier alpha value is -2.17. The Morgan fingerprint density at radius 1 is 1.21 bits per heavy atom. The van der Waals surface area contributed by atoms with Gasteiger partial charge in [-0.05, 0) is 45.4 Å². The zero-order valence-corrected chi connectivity index (χ0v) is 19.6. The minimum absolute atomic E-state index is 0. The van der Waals surface area contributed by atoms with Gasteiger partial charge in [0.1, 0.15) is 12.4 Å². The summed E-state index contributed by atoms with van der Waals surface area (Å²) < 4.78 is 18.5. The van der Waals surface area contributed by atoms with Gasteiger partial charge in [0.05, 0.1) is 12.2 Å². The largest absolute Gasteiger partial charge is 0.492 e. The molecule has 2 N–H and O–H groups in total. The van der Waals surface area contributed by atoms with Gasteiger partial charge in [-0.1, -0.05) is 0 Å². The topological polar surface area (TPSA) is 81.9 Å². The van der Waals surface area contributed by atoms with E-state index in [4.69, 9.17) is 14.2 Å². The van der Waals surface area contributed by atoms with Crippen molar-refractivity contribution < 1.29 is 14.2 Å². The molecule has 3 rings (SSSR count). The molecule has 2 aromatic rings. The van der Waals surface area contributed by atoms with Crippen LogP contribution in [-0.2, 0) is 6.54 Å². The number of hydrogen-bond acceptors (Lipinski definition) is 5. The van der Waals surface area contributed by atoms with Gasteiger partial charge in [0.2, 0.25) is 6.79 Å². The molecule has 0 unspecified atom stereocenters. The number of guanidine groups is 1. The Morgan fingerprint density at radius 3 is 2.79 bits per heavy atom. The Morgan fingerprint density at radius 2 is 2.03 bits per heavy atom. The van der Waals surface area contributed by atoms with Crippen molar-refractivity contribution in [1.82, 2.24) is 20.4 Å². The van der Waals surface area contributed by atoms with Crippen LogP contribution in [0.4, 0.5) is 0 Å². The fourth-order valence-electron chi connectivity index (χ4n) is 2.96. The Labute approximate surface area is 189 Å². The van der Waals surface area contributed by atoms with Crippen molar-refractivity contribution in [3.8, 4) is 17.2 Å². The van der Waals surface area contributed by atoms with Crippen molar-refractivity contribution in [2.45, 2.75) is 33.7 Å². The highest BCUT2D eigenvalue weighted by Gasteiger charge is 2.13. The smallest absolute Gasteiger partial charge is 0.231 e. The molecule has 0 amide bonds. The molecular formula is C20H30IN5O3. The van der Waals surface area contributed by atoms with Crippen LogP contribution in [0.2, 0.25) is 0 Å². The molecule has 0 saturated heterocycles. The normalized spacial score (nSPS) is 12.4. The van der Waals surface area contributed by atoms with Gasteiger partial charge in [-0.25, -0.2) is 0 Å². The molecule has 0 fully saturated rings. The molecule has 1 aliphatic rings. The predicted octanol–water partition coefficient (Wildman–Crippen LogP) is 2.87. The average Bonchev–Trinajstić information content (AvgIpc) is 3.27. The fourth-order valence-corrected chi connectivity index (χ4v) is 2.96. The zero-order valence-electron chi connectivity index (χ0n) is 17.2. The van der Waals surface area contributed by atoms with Crippen molar-refractivity contribution in [2.75, 3.05) is 33.0 Å². The van der Waals surface area contributed by atoms with Gasteiger partial charge in [-0.3, -0.25) is 9.67 Å². The molecule has 0 radical (unpaired) electrons. The third-order valence-corrected chi connectivity index (χ3v) is 4.25. The molecule has 0 atom stereocenters. The number of nitrogens with zero attached hydrogens (tertiary/aromatic N) is 3. The minimum Gasteiger partial charge on any atom is -0.492 e. The van der Waals surface area contributed by atoms with Gasteiger partial charge in [0, 0.05) is 31.4 Å². The van der Waals surface area contributed by atoms with Crippen LogP contribution in [0.15, 0.2) is 29.3 Å². The first-order chi connectivity index (χ1) is 13.7. The molecular weight excluding hydrogens is 485 g/mol. The van der Waals surface area contributed by atoms with E-state index in [0.29, 0.717) is 13.2 Å². The van der Waals surface area contributed by atoms with Crippen LogP contribution < -0.4 is 24.8 Å². The van der Waals surface area contributed by atoms with E-state index in [9.17, 15) is 0 Å². The quantitative estimate of drug-likeness (QED) is 0.232.